The second-order valence-electron chi connectivity index (χ2n) is 6.36. The Labute approximate surface area is 153 Å². The summed E-state index contributed by atoms with van der Waals surface area (Å²) in [4.78, 5) is 13.6. The van der Waals surface area contributed by atoms with E-state index in [0.29, 0.717) is 27.7 Å². The van der Waals surface area contributed by atoms with Gasteiger partial charge in [0.15, 0.2) is 0 Å². The highest BCUT2D eigenvalue weighted by molar-refractivity contribution is 5.99. The van der Waals surface area contributed by atoms with Crippen molar-refractivity contribution in [2.45, 2.75) is 20.0 Å². The van der Waals surface area contributed by atoms with Crippen molar-refractivity contribution in [3.8, 4) is 17.0 Å². The van der Waals surface area contributed by atoms with Crippen molar-refractivity contribution in [3.05, 3.63) is 35.7 Å². The monoisotopic (exact) mass is 377 g/mol. The molecule has 0 unspecified atom stereocenters. The van der Waals surface area contributed by atoms with E-state index in [1.807, 2.05) is 6.92 Å². The van der Waals surface area contributed by atoms with Gasteiger partial charge in [-0.25, -0.2) is 15.0 Å². The van der Waals surface area contributed by atoms with Crippen molar-refractivity contribution in [1.82, 2.24) is 15.0 Å². The molecule has 0 saturated heterocycles. The van der Waals surface area contributed by atoms with Gasteiger partial charge in [-0.05, 0) is 31.5 Å². The summed E-state index contributed by atoms with van der Waals surface area (Å²) in [6, 6.07) is 4.70. The lowest BCUT2D eigenvalue weighted by atomic mass is 9.97. The van der Waals surface area contributed by atoms with Crippen LogP contribution in [-0.2, 0) is 0 Å². The molecule has 2 aromatic heterocycles. The molecule has 6 nitrogen and oxygen atoms in total. The first-order valence-electron chi connectivity index (χ1n) is 8.07. The third kappa shape index (κ3) is 3.57. The van der Waals surface area contributed by atoms with Crippen molar-refractivity contribution >= 4 is 22.5 Å². The maximum absolute atomic E-state index is 12.8. The van der Waals surface area contributed by atoms with E-state index in [2.05, 4.69) is 15.0 Å². The van der Waals surface area contributed by atoms with E-state index < -0.39 is 12.7 Å². The van der Waals surface area contributed by atoms with Crippen LogP contribution in [0.5, 0.6) is 5.75 Å². The Kier molecular flexibility index (Phi) is 4.54. The second-order valence-corrected chi connectivity index (χ2v) is 6.36. The molecule has 0 spiro atoms. The van der Waals surface area contributed by atoms with Gasteiger partial charge in [0.1, 0.15) is 35.8 Å². The van der Waals surface area contributed by atoms with Gasteiger partial charge >= 0.3 is 6.18 Å². The Balaban J connectivity index is 2.32. The maximum Gasteiger partial charge on any atom is 0.405 e. The maximum atomic E-state index is 12.8. The number of pyridine rings is 1. The molecule has 9 heteroatoms. The molecule has 0 aliphatic heterocycles. The normalized spacial score (nSPS) is 11.8. The summed E-state index contributed by atoms with van der Waals surface area (Å²) in [6.07, 6.45) is -3.11. The van der Waals surface area contributed by atoms with Crippen LogP contribution >= 0.6 is 0 Å². The first kappa shape index (κ1) is 18.7. The van der Waals surface area contributed by atoms with E-state index in [-0.39, 0.29) is 17.4 Å². The van der Waals surface area contributed by atoms with E-state index >= 15 is 0 Å². The number of aromatic hydroxyl groups is 1. The Morgan fingerprint density at radius 1 is 1.19 bits per heavy atom. The quantitative estimate of drug-likeness (QED) is 0.725. The number of hydrogen-bond donors (Lipinski definition) is 2. The fourth-order valence-corrected chi connectivity index (χ4v) is 2.99. The van der Waals surface area contributed by atoms with E-state index in [1.165, 1.54) is 19.4 Å². The average molecular weight is 377 g/mol. The number of aryl methyl sites for hydroxylation is 1. The summed E-state index contributed by atoms with van der Waals surface area (Å²) < 4.78 is 38.5. The minimum atomic E-state index is -4.39. The van der Waals surface area contributed by atoms with Crippen LogP contribution < -0.4 is 10.6 Å². The molecule has 27 heavy (non-hydrogen) atoms. The number of alkyl halides is 3. The Hall–Kier alpha value is -3.10. The highest BCUT2D eigenvalue weighted by Gasteiger charge is 2.30. The van der Waals surface area contributed by atoms with E-state index in [1.54, 1.807) is 19.1 Å². The van der Waals surface area contributed by atoms with Gasteiger partial charge < -0.3 is 15.7 Å². The van der Waals surface area contributed by atoms with Crippen LogP contribution in [0, 0.1) is 13.8 Å². The SMILES string of the molecule is Cc1ccc(O)c(C)c1-c1nc(N(C)CC(F)(F)F)cc2c(N)ncnc12. The standard InChI is InChI=1S/C18H18F3N5O/c1-9-4-5-12(27)10(2)14(9)16-15-11(17(22)24-8-23-15)6-13(25-16)26(3)7-18(19,20)21/h4-6,8,27H,7H2,1-3H3,(H2,22,23,24). The molecule has 1 aromatic carbocycles. The molecule has 3 aromatic rings. The molecule has 0 saturated carbocycles. The molecule has 0 aliphatic rings. The molecule has 0 bridgehead atoms. The van der Waals surface area contributed by atoms with Gasteiger partial charge in [0, 0.05) is 23.6 Å². The number of benzene rings is 1. The molecule has 142 valence electrons. The number of nitrogens with two attached hydrogens (primary N) is 1. The van der Waals surface area contributed by atoms with Crippen LogP contribution in [-0.4, -0.2) is 39.8 Å². The number of halogens is 3. The van der Waals surface area contributed by atoms with Gasteiger partial charge in [0.05, 0.1) is 5.69 Å². The van der Waals surface area contributed by atoms with Gasteiger partial charge in [0.25, 0.3) is 0 Å². The topological polar surface area (TPSA) is 88.2 Å². The predicted octanol–water partition coefficient (Wildman–Crippen LogP) is 3.59. The van der Waals surface area contributed by atoms with E-state index in [4.69, 9.17) is 5.73 Å². The number of rotatable bonds is 3. The van der Waals surface area contributed by atoms with Crippen LogP contribution in [0.2, 0.25) is 0 Å². The minimum absolute atomic E-state index is 0.0571. The fourth-order valence-electron chi connectivity index (χ4n) is 2.99. The molecule has 2 heterocycles. The van der Waals surface area contributed by atoms with Crippen LogP contribution in [0.3, 0.4) is 0 Å². The van der Waals surface area contributed by atoms with Gasteiger partial charge in [-0.2, -0.15) is 13.2 Å². The zero-order chi connectivity index (χ0) is 19.9. The van der Waals surface area contributed by atoms with Crippen molar-refractivity contribution in [2.24, 2.45) is 0 Å². The molecule has 0 aliphatic carbocycles. The van der Waals surface area contributed by atoms with Gasteiger partial charge in [-0.15, -0.1) is 0 Å². The molecule has 0 radical (unpaired) electrons. The van der Waals surface area contributed by atoms with Crippen LogP contribution in [0.4, 0.5) is 24.8 Å². The Bertz CT molecular complexity index is 1020. The van der Waals surface area contributed by atoms with Gasteiger partial charge in [-0.1, -0.05) is 6.07 Å². The van der Waals surface area contributed by atoms with Crippen molar-refractivity contribution in [2.75, 3.05) is 24.2 Å². The number of hydrogen-bond acceptors (Lipinski definition) is 6. The highest BCUT2D eigenvalue weighted by Crippen LogP contribution is 2.37. The summed E-state index contributed by atoms with van der Waals surface area (Å²) in [5.41, 5.74) is 8.63. The smallest absolute Gasteiger partial charge is 0.405 e. The number of nitrogen functional groups attached to an aromatic ring is 1. The molecule has 3 N–H and O–H groups in total. The van der Waals surface area contributed by atoms with Crippen molar-refractivity contribution in [3.63, 3.8) is 0 Å². The lowest BCUT2D eigenvalue weighted by Gasteiger charge is -2.22. The molecular weight excluding hydrogens is 359 g/mol. The molecular formula is C18H18F3N5O. The molecule has 0 atom stereocenters. The van der Waals surface area contributed by atoms with Crippen LogP contribution in [0.25, 0.3) is 22.2 Å². The lowest BCUT2D eigenvalue weighted by molar-refractivity contribution is -0.119. The number of nitrogens with zero attached hydrogens (tertiary/aromatic N) is 4. The number of phenolic OH excluding ortho intramolecular Hbond substituents is 1. The second kappa shape index (κ2) is 6.57. The fraction of sp³-hybridized carbons (Fsp3) is 0.278. The molecule has 0 fully saturated rings. The summed E-state index contributed by atoms with van der Waals surface area (Å²) in [5.74, 6) is 0.279. The van der Waals surface area contributed by atoms with Crippen molar-refractivity contribution < 1.29 is 18.3 Å². The Morgan fingerprint density at radius 3 is 2.56 bits per heavy atom. The van der Waals surface area contributed by atoms with Crippen LogP contribution in [0.1, 0.15) is 11.1 Å². The summed E-state index contributed by atoms with van der Waals surface area (Å²) in [7, 11) is 1.30. The third-order valence-electron chi connectivity index (χ3n) is 4.33. The zero-order valence-corrected chi connectivity index (χ0v) is 15.0. The zero-order valence-electron chi connectivity index (χ0n) is 15.0. The van der Waals surface area contributed by atoms with E-state index in [0.717, 1.165) is 10.5 Å². The van der Waals surface area contributed by atoms with Gasteiger partial charge in [-0.3, -0.25) is 0 Å². The first-order chi connectivity index (χ1) is 12.6. The third-order valence-corrected chi connectivity index (χ3v) is 4.33. The average Bonchev–Trinajstić information content (AvgIpc) is 2.57. The number of phenols is 1. The number of fused-ring (bicyclic) bond motifs is 1. The van der Waals surface area contributed by atoms with Gasteiger partial charge in [0.2, 0.25) is 0 Å². The number of anilines is 2. The highest BCUT2D eigenvalue weighted by atomic mass is 19.4. The lowest BCUT2D eigenvalue weighted by Crippen LogP contribution is -2.31. The summed E-state index contributed by atoms with van der Waals surface area (Å²) in [6.45, 7) is 2.37. The first-order valence-corrected chi connectivity index (χ1v) is 8.07. The van der Waals surface area contributed by atoms with E-state index in [9.17, 15) is 18.3 Å². The Morgan fingerprint density at radius 2 is 1.89 bits per heavy atom. The minimum Gasteiger partial charge on any atom is -0.508 e. The predicted molar refractivity (Wildman–Crippen MR) is 97.6 cm³/mol. The van der Waals surface area contributed by atoms with Crippen molar-refractivity contribution in [1.29, 1.82) is 0 Å². The van der Waals surface area contributed by atoms with Crippen LogP contribution in [0.15, 0.2) is 24.5 Å². The summed E-state index contributed by atoms with van der Waals surface area (Å²) in [5, 5.41) is 10.5. The molecule has 0 amide bonds. The largest absolute Gasteiger partial charge is 0.508 e. The molecule has 3 rings (SSSR count). The number of aromatic nitrogens is 3. The summed E-state index contributed by atoms with van der Waals surface area (Å²) >= 11 is 0.